The summed E-state index contributed by atoms with van der Waals surface area (Å²) in [6.07, 6.45) is 0. The van der Waals surface area contributed by atoms with Crippen molar-refractivity contribution in [3.05, 3.63) is 0 Å². The van der Waals surface area contributed by atoms with Crippen molar-refractivity contribution in [1.82, 2.24) is 0 Å². The van der Waals surface area contributed by atoms with Crippen LogP contribution in [0.25, 0.3) is 0 Å². The molecular formula is HCoNiOS-. The zero-order chi connectivity index (χ0) is 2.00. The molecule has 0 rings (SSSR count). The Morgan fingerprint density at radius 3 is 1.25 bits per heavy atom. The van der Waals surface area contributed by atoms with Gasteiger partial charge in [-0.1, -0.05) is 0 Å². The van der Waals surface area contributed by atoms with Crippen molar-refractivity contribution < 1.29 is 36.0 Å². The predicted molar refractivity (Wildman–Crippen MR) is 9.45 cm³/mol. The van der Waals surface area contributed by atoms with Gasteiger partial charge in [-0.3, -0.25) is 0 Å². The van der Waals surface area contributed by atoms with E-state index in [1.807, 2.05) is 0 Å². The number of thiol groups is 1. The zero-order valence-corrected chi connectivity index (χ0v) is 4.43. The fraction of sp³-hybridized carbons (Fsp3) is 0. The third-order valence-electron chi connectivity index (χ3n) is 0. The molecule has 4 heteroatoms. The second-order valence-corrected chi connectivity index (χ2v) is 0. The molecule has 0 N–H and O–H groups in total. The van der Waals surface area contributed by atoms with Crippen LogP contribution in [0.2, 0.25) is 0 Å². The minimum absolute atomic E-state index is 0. The summed E-state index contributed by atoms with van der Waals surface area (Å²) in [6.45, 7) is 0. The molecule has 33 valence electrons. The topological polar surface area (TPSA) is 17.1 Å². The Bertz CT molecular complexity index is 8.00. The molecule has 0 fully saturated rings. The van der Waals surface area contributed by atoms with Gasteiger partial charge in [-0.05, 0) is 0 Å². The summed E-state index contributed by atoms with van der Waals surface area (Å²) < 4.78 is 7.94. The van der Waals surface area contributed by atoms with Crippen molar-refractivity contribution in [2.75, 3.05) is 0 Å². The Kier molecular flexibility index (Phi) is 149. The van der Waals surface area contributed by atoms with E-state index in [1.165, 1.54) is 0 Å². The Morgan fingerprint density at radius 1 is 1.25 bits per heavy atom. The molecule has 0 aromatic rings. The standard InChI is InChI=1S/Co.Ni.O.H2S/h;;;1H2/p-1. The second kappa shape index (κ2) is 31.1. The van der Waals surface area contributed by atoms with E-state index in [9.17, 15) is 0 Å². The molecule has 0 heterocycles. The van der Waals surface area contributed by atoms with E-state index in [-0.39, 0.29) is 30.0 Å². The van der Waals surface area contributed by atoms with E-state index in [0.717, 1.165) is 0 Å². The first kappa shape index (κ1) is 19.2. The second-order valence-electron chi connectivity index (χ2n) is 0. The molecule has 0 unspecified atom stereocenters. The average Bonchev–Trinajstić information content (AvgIpc) is 1.00. The van der Waals surface area contributed by atoms with Crippen LogP contribution in [0.5, 0.6) is 0 Å². The SMILES string of the molecule is [Ni].[O]=[Co].[SH-]. The van der Waals surface area contributed by atoms with Crippen molar-refractivity contribution >= 4 is 13.5 Å². The van der Waals surface area contributed by atoms with E-state index in [1.54, 1.807) is 0 Å². The number of rotatable bonds is 0. The monoisotopic (exact) mass is 166 g/mol. The number of hydrogen-bond acceptors (Lipinski definition) is 2. The summed E-state index contributed by atoms with van der Waals surface area (Å²) in [7, 11) is 0. The quantitative estimate of drug-likeness (QED) is 0.277. The van der Waals surface area contributed by atoms with Gasteiger partial charge in [-0.25, -0.2) is 0 Å². The van der Waals surface area contributed by atoms with Gasteiger partial charge in [0.25, 0.3) is 0 Å². The molecule has 0 aliphatic carbocycles. The first-order chi connectivity index (χ1) is 1.00. The van der Waals surface area contributed by atoms with E-state index in [0.29, 0.717) is 0 Å². The van der Waals surface area contributed by atoms with Crippen LogP contribution in [0.4, 0.5) is 0 Å². The van der Waals surface area contributed by atoms with Crippen molar-refractivity contribution in [2.45, 2.75) is 0 Å². The summed E-state index contributed by atoms with van der Waals surface area (Å²) in [5.74, 6) is 0. The van der Waals surface area contributed by atoms with Crippen molar-refractivity contribution in [3.8, 4) is 0 Å². The van der Waals surface area contributed by atoms with E-state index in [2.05, 4.69) is 15.7 Å². The fourth-order valence-corrected chi connectivity index (χ4v) is 0. The van der Waals surface area contributed by atoms with Crippen LogP contribution >= 0.6 is 0 Å². The summed E-state index contributed by atoms with van der Waals surface area (Å²) in [6, 6.07) is 0. The van der Waals surface area contributed by atoms with E-state index >= 15 is 0 Å². The predicted octanol–water partition coefficient (Wildman–Crippen LogP) is -0.394. The molecule has 0 spiro atoms. The van der Waals surface area contributed by atoms with Gasteiger partial charge in [0.2, 0.25) is 0 Å². The van der Waals surface area contributed by atoms with Crippen LogP contribution in [0.15, 0.2) is 0 Å². The molecule has 0 saturated carbocycles. The number of hydrogen-bond donors (Lipinski definition) is 0. The van der Waals surface area contributed by atoms with Crippen LogP contribution < -0.4 is 0 Å². The van der Waals surface area contributed by atoms with Crippen LogP contribution in [-0.4, -0.2) is 0 Å². The maximum Gasteiger partial charge on any atom is -0.813 e. The first-order valence-electron chi connectivity index (χ1n) is 0.136. The average molecular weight is 167 g/mol. The Labute approximate surface area is 49.7 Å². The van der Waals surface area contributed by atoms with Crippen molar-refractivity contribution in [2.24, 2.45) is 0 Å². The van der Waals surface area contributed by atoms with Crippen LogP contribution in [-0.2, 0) is 49.5 Å². The molecule has 0 aromatic heterocycles. The van der Waals surface area contributed by atoms with Gasteiger partial charge in [0.15, 0.2) is 0 Å². The summed E-state index contributed by atoms with van der Waals surface area (Å²) in [5.41, 5.74) is 0. The molecule has 0 bridgehead atoms. The Balaban J connectivity index is -0.00000000500. The maximum atomic E-state index is 7.94. The van der Waals surface area contributed by atoms with Gasteiger partial charge in [0, 0.05) is 16.5 Å². The van der Waals surface area contributed by atoms with Gasteiger partial charge < -0.3 is 13.5 Å². The Hall–Kier alpha value is 1.15. The molecule has 0 aromatic carbocycles. The molecule has 0 saturated heterocycles. The molecule has 4 heavy (non-hydrogen) atoms. The zero-order valence-electron chi connectivity index (χ0n) is 1.51. The Morgan fingerprint density at radius 2 is 1.25 bits per heavy atom. The minimum Gasteiger partial charge on any atom is -0.813 e. The van der Waals surface area contributed by atoms with E-state index < -0.39 is 0 Å². The summed E-state index contributed by atoms with van der Waals surface area (Å²) in [4.78, 5) is 0. The smallest absolute Gasteiger partial charge is 0.813 e. The van der Waals surface area contributed by atoms with Gasteiger partial charge in [-0.15, -0.1) is 0 Å². The van der Waals surface area contributed by atoms with E-state index in [4.69, 9.17) is 3.87 Å². The van der Waals surface area contributed by atoms with Gasteiger partial charge in [0.1, 0.15) is 0 Å². The fourth-order valence-electron chi connectivity index (χ4n) is 0. The van der Waals surface area contributed by atoms with Gasteiger partial charge in [-0.2, -0.15) is 0 Å². The molecule has 0 radical (unpaired) electrons. The molecular weight excluding hydrogens is 166 g/mol. The van der Waals surface area contributed by atoms with Crippen molar-refractivity contribution in [1.29, 1.82) is 0 Å². The normalized spacial score (nSPS) is 1.25. The van der Waals surface area contributed by atoms with Crippen LogP contribution in [0.1, 0.15) is 0 Å². The van der Waals surface area contributed by atoms with Crippen LogP contribution in [0.3, 0.4) is 0 Å². The molecule has 0 aliphatic heterocycles. The summed E-state index contributed by atoms with van der Waals surface area (Å²) in [5, 5.41) is 0. The third kappa shape index (κ3) is 11.0. The van der Waals surface area contributed by atoms with Gasteiger partial charge >= 0.3 is 19.5 Å². The maximum absolute atomic E-state index is 7.94. The summed E-state index contributed by atoms with van der Waals surface area (Å²) >= 11 is 2.31. The first-order valence-corrected chi connectivity index (χ1v) is 0.561. The molecule has 0 aliphatic rings. The molecule has 1 nitrogen and oxygen atoms in total. The molecule has 0 atom stereocenters. The van der Waals surface area contributed by atoms with Gasteiger partial charge in [0.05, 0.1) is 0 Å². The van der Waals surface area contributed by atoms with Crippen molar-refractivity contribution in [3.63, 3.8) is 0 Å². The third-order valence-corrected chi connectivity index (χ3v) is 0. The molecule has 0 amide bonds. The largest absolute Gasteiger partial charge is 0.813 e. The minimum atomic E-state index is 0. The van der Waals surface area contributed by atoms with Crippen LogP contribution in [0, 0.1) is 0 Å².